The number of hydrogen-bond donors (Lipinski definition) is 1. The van der Waals surface area contributed by atoms with Gasteiger partial charge in [-0.1, -0.05) is 18.2 Å². The molecule has 6 heteroatoms. The van der Waals surface area contributed by atoms with Crippen molar-refractivity contribution < 1.29 is 9.53 Å². The number of nitrogens with zero attached hydrogens (tertiary/aromatic N) is 2. The van der Waals surface area contributed by atoms with E-state index in [-0.39, 0.29) is 24.4 Å². The van der Waals surface area contributed by atoms with Crippen molar-refractivity contribution in [2.75, 3.05) is 12.4 Å². The SMILES string of the molecule is COc1cccc(NC(=O)CCn2cnc3ccccc3c2=O)c1. The molecular weight excluding hydrogens is 306 g/mol. The number of methoxy groups -OCH3 is 1. The van der Waals surface area contributed by atoms with E-state index in [9.17, 15) is 9.59 Å². The normalized spacial score (nSPS) is 10.5. The molecule has 0 bridgehead atoms. The first kappa shape index (κ1) is 15.7. The van der Waals surface area contributed by atoms with Gasteiger partial charge in [-0.2, -0.15) is 0 Å². The molecule has 122 valence electrons. The molecule has 0 saturated carbocycles. The molecule has 0 aliphatic carbocycles. The third kappa shape index (κ3) is 3.43. The van der Waals surface area contributed by atoms with E-state index in [2.05, 4.69) is 10.3 Å². The van der Waals surface area contributed by atoms with Crippen molar-refractivity contribution in [2.24, 2.45) is 0 Å². The van der Waals surface area contributed by atoms with E-state index in [1.807, 2.05) is 6.07 Å². The third-order valence-electron chi connectivity index (χ3n) is 3.66. The zero-order valence-electron chi connectivity index (χ0n) is 13.2. The lowest BCUT2D eigenvalue weighted by molar-refractivity contribution is -0.116. The molecule has 1 heterocycles. The number of carbonyl (C=O) groups excluding carboxylic acids is 1. The van der Waals surface area contributed by atoms with Crippen LogP contribution in [0.5, 0.6) is 5.75 Å². The first-order valence-electron chi connectivity index (χ1n) is 7.55. The number of rotatable bonds is 5. The van der Waals surface area contributed by atoms with Crippen LogP contribution < -0.4 is 15.6 Å². The molecule has 0 aliphatic rings. The van der Waals surface area contributed by atoms with Crippen LogP contribution in [0, 0.1) is 0 Å². The zero-order chi connectivity index (χ0) is 16.9. The van der Waals surface area contributed by atoms with E-state index >= 15 is 0 Å². The van der Waals surface area contributed by atoms with Gasteiger partial charge in [-0.15, -0.1) is 0 Å². The molecule has 0 fully saturated rings. The number of para-hydroxylation sites is 1. The molecule has 6 nitrogen and oxygen atoms in total. The number of amides is 1. The van der Waals surface area contributed by atoms with Crippen LogP contribution in [-0.4, -0.2) is 22.6 Å². The number of aryl methyl sites for hydroxylation is 1. The van der Waals surface area contributed by atoms with Gasteiger partial charge in [-0.3, -0.25) is 14.2 Å². The largest absolute Gasteiger partial charge is 0.497 e. The average Bonchev–Trinajstić information content (AvgIpc) is 2.61. The molecule has 0 saturated heterocycles. The summed E-state index contributed by atoms with van der Waals surface area (Å²) in [5.41, 5.74) is 1.16. The van der Waals surface area contributed by atoms with Crippen LogP contribution in [0.3, 0.4) is 0 Å². The highest BCUT2D eigenvalue weighted by atomic mass is 16.5. The summed E-state index contributed by atoms with van der Waals surface area (Å²) in [6.45, 7) is 0.270. The van der Waals surface area contributed by atoms with Crippen LogP contribution in [-0.2, 0) is 11.3 Å². The summed E-state index contributed by atoms with van der Waals surface area (Å²) < 4.78 is 6.57. The summed E-state index contributed by atoms with van der Waals surface area (Å²) >= 11 is 0. The number of carbonyl (C=O) groups is 1. The molecule has 1 aromatic heterocycles. The Morgan fingerprint density at radius 1 is 1.21 bits per heavy atom. The standard InChI is InChI=1S/C18H17N3O3/c1-24-14-6-4-5-13(11-14)20-17(22)9-10-21-12-19-16-8-3-2-7-15(16)18(21)23/h2-8,11-12H,9-10H2,1H3,(H,20,22). The van der Waals surface area contributed by atoms with Gasteiger partial charge in [0.05, 0.1) is 24.3 Å². The molecule has 1 amide bonds. The third-order valence-corrected chi connectivity index (χ3v) is 3.66. The van der Waals surface area contributed by atoms with E-state index in [0.717, 1.165) is 0 Å². The first-order chi connectivity index (χ1) is 11.7. The number of hydrogen-bond acceptors (Lipinski definition) is 4. The molecule has 0 aliphatic heterocycles. The van der Waals surface area contributed by atoms with Crippen molar-refractivity contribution >= 4 is 22.5 Å². The maximum absolute atomic E-state index is 12.4. The molecule has 0 atom stereocenters. The van der Waals surface area contributed by atoms with E-state index in [1.54, 1.807) is 49.6 Å². The van der Waals surface area contributed by atoms with Gasteiger partial charge in [0.15, 0.2) is 0 Å². The number of aromatic nitrogens is 2. The number of nitrogens with one attached hydrogen (secondary N) is 1. The van der Waals surface area contributed by atoms with Gasteiger partial charge in [-0.25, -0.2) is 4.98 Å². The predicted molar refractivity (Wildman–Crippen MR) is 92.2 cm³/mol. The Morgan fingerprint density at radius 2 is 2.04 bits per heavy atom. The second kappa shape index (κ2) is 6.95. The van der Waals surface area contributed by atoms with Crippen LogP contribution >= 0.6 is 0 Å². The fourth-order valence-corrected chi connectivity index (χ4v) is 2.41. The topological polar surface area (TPSA) is 73.2 Å². The summed E-state index contributed by atoms with van der Waals surface area (Å²) in [5.74, 6) is 0.492. The monoisotopic (exact) mass is 323 g/mol. The molecule has 0 spiro atoms. The average molecular weight is 323 g/mol. The predicted octanol–water partition coefficient (Wildman–Crippen LogP) is 2.43. The Kier molecular flexibility index (Phi) is 4.56. The van der Waals surface area contributed by atoms with Crippen molar-refractivity contribution in [1.29, 1.82) is 0 Å². The lowest BCUT2D eigenvalue weighted by Crippen LogP contribution is -2.23. The molecule has 2 aromatic carbocycles. The molecular formula is C18H17N3O3. The fourth-order valence-electron chi connectivity index (χ4n) is 2.41. The molecule has 1 N–H and O–H groups in total. The molecule has 3 aromatic rings. The van der Waals surface area contributed by atoms with Gasteiger partial charge in [0.1, 0.15) is 5.75 Å². The van der Waals surface area contributed by atoms with E-state index in [0.29, 0.717) is 22.3 Å². The minimum absolute atomic E-state index is 0.144. The fraction of sp³-hybridized carbons (Fsp3) is 0.167. The summed E-state index contributed by atoms with van der Waals surface area (Å²) in [6.07, 6.45) is 1.65. The maximum atomic E-state index is 12.4. The maximum Gasteiger partial charge on any atom is 0.261 e. The first-order valence-corrected chi connectivity index (χ1v) is 7.55. The van der Waals surface area contributed by atoms with Crippen LogP contribution in [0.25, 0.3) is 10.9 Å². The van der Waals surface area contributed by atoms with E-state index in [4.69, 9.17) is 4.74 Å². The number of ether oxygens (including phenoxy) is 1. The van der Waals surface area contributed by atoms with Crippen LogP contribution in [0.15, 0.2) is 59.7 Å². The number of benzene rings is 2. The minimum Gasteiger partial charge on any atom is -0.497 e. The number of anilines is 1. The van der Waals surface area contributed by atoms with E-state index in [1.165, 1.54) is 10.9 Å². The van der Waals surface area contributed by atoms with Gasteiger partial charge >= 0.3 is 0 Å². The van der Waals surface area contributed by atoms with Gasteiger partial charge in [-0.05, 0) is 24.3 Å². The Bertz CT molecular complexity index is 934. The van der Waals surface area contributed by atoms with Gasteiger partial charge < -0.3 is 10.1 Å². The smallest absolute Gasteiger partial charge is 0.261 e. The highest BCUT2D eigenvalue weighted by Crippen LogP contribution is 2.16. The summed E-state index contributed by atoms with van der Waals surface area (Å²) in [7, 11) is 1.57. The summed E-state index contributed by atoms with van der Waals surface area (Å²) in [6, 6.07) is 14.3. The molecule has 0 unspecified atom stereocenters. The molecule has 3 rings (SSSR count). The van der Waals surface area contributed by atoms with Crippen molar-refractivity contribution in [3.63, 3.8) is 0 Å². The van der Waals surface area contributed by atoms with Crippen LogP contribution in [0.4, 0.5) is 5.69 Å². The van der Waals surface area contributed by atoms with Crippen molar-refractivity contribution in [3.8, 4) is 5.75 Å². The van der Waals surface area contributed by atoms with Gasteiger partial charge in [0.2, 0.25) is 5.91 Å². The number of fused-ring (bicyclic) bond motifs is 1. The molecule has 0 radical (unpaired) electrons. The van der Waals surface area contributed by atoms with Gasteiger partial charge in [0, 0.05) is 24.7 Å². The Labute approximate surface area is 138 Å². The van der Waals surface area contributed by atoms with Crippen LogP contribution in [0.1, 0.15) is 6.42 Å². The van der Waals surface area contributed by atoms with E-state index < -0.39 is 0 Å². The highest BCUT2D eigenvalue weighted by Gasteiger charge is 2.07. The highest BCUT2D eigenvalue weighted by molar-refractivity contribution is 5.90. The Balaban J connectivity index is 1.68. The quantitative estimate of drug-likeness (QED) is 0.782. The lowest BCUT2D eigenvalue weighted by atomic mass is 10.2. The zero-order valence-corrected chi connectivity index (χ0v) is 13.2. The minimum atomic E-state index is -0.177. The Morgan fingerprint density at radius 3 is 2.88 bits per heavy atom. The summed E-state index contributed by atoms with van der Waals surface area (Å²) in [4.78, 5) is 28.7. The second-order valence-corrected chi connectivity index (χ2v) is 5.29. The Hall–Kier alpha value is -3.15. The lowest BCUT2D eigenvalue weighted by Gasteiger charge is -2.08. The van der Waals surface area contributed by atoms with Crippen molar-refractivity contribution in [1.82, 2.24) is 9.55 Å². The van der Waals surface area contributed by atoms with Gasteiger partial charge in [0.25, 0.3) is 5.56 Å². The summed E-state index contributed by atoms with van der Waals surface area (Å²) in [5, 5.41) is 3.34. The van der Waals surface area contributed by atoms with Crippen molar-refractivity contribution in [3.05, 3.63) is 65.2 Å². The molecule has 24 heavy (non-hydrogen) atoms. The van der Waals surface area contributed by atoms with Crippen LogP contribution in [0.2, 0.25) is 0 Å². The second-order valence-electron chi connectivity index (χ2n) is 5.29. The van der Waals surface area contributed by atoms with Crippen molar-refractivity contribution in [2.45, 2.75) is 13.0 Å².